The monoisotopic (exact) mass is 255 g/mol. The lowest BCUT2D eigenvalue weighted by Crippen LogP contribution is -2.42. The Morgan fingerprint density at radius 2 is 2.27 bits per heavy atom. The van der Waals surface area contributed by atoms with Crippen LogP contribution in [0.3, 0.4) is 0 Å². The summed E-state index contributed by atoms with van der Waals surface area (Å²) in [4.78, 5) is 0. The molecule has 0 saturated carbocycles. The van der Waals surface area contributed by atoms with Gasteiger partial charge in [0.2, 0.25) is 10.0 Å². The van der Waals surface area contributed by atoms with E-state index in [1.54, 1.807) is 0 Å². The Kier molecular flexibility index (Phi) is 5.32. The SMILES string of the molecule is CCOCCS(=O)(=O)N1CCCC(Cl)C1. The van der Waals surface area contributed by atoms with Crippen molar-refractivity contribution in [3.63, 3.8) is 0 Å². The van der Waals surface area contributed by atoms with Gasteiger partial charge < -0.3 is 4.74 Å². The van der Waals surface area contributed by atoms with Crippen LogP contribution in [0.25, 0.3) is 0 Å². The van der Waals surface area contributed by atoms with Crippen molar-refractivity contribution in [1.82, 2.24) is 4.31 Å². The van der Waals surface area contributed by atoms with Gasteiger partial charge in [-0.2, -0.15) is 0 Å². The Morgan fingerprint density at radius 3 is 2.87 bits per heavy atom. The van der Waals surface area contributed by atoms with E-state index in [9.17, 15) is 8.42 Å². The highest BCUT2D eigenvalue weighted by Gasteiger charge is 2.27. The molecule has 0 radical (unpaired) electrons. The molecule has 0 aromatic carbocycles. The van der Waals surface area contributed by atoms with Crippen LogP contribution in [-0.4, -0.2) is 50.2 Å². The van der Waals surface area contributed by atoms with Crippen LogP contribution in [0.2, 0.25) is 0 Å². The van der Waals surface area contributed by atoms with E-state index in [2.05, 4.69) is 0 Å². The molecule has 1 aliphatic heterocycles. The van der Waals surface area contributed by atoms with Gasteiger partial charge in [0.25, 0.3) is 0 Å². The van der Waals surface area contributed by atoms with Gasteiger partial charge in [0, 0.05) is 25.1 Å². The number of halogens is 1. The van der Waals surface area contributed by atoms with Gasteiger partial charge in [-0.1, -0.05) is 0 Å². The zero-order valence-corrected chi connectivity index (χ0v) is 10.6. The van der Waals surface area contributed by atoms with Crippen LogP contribution in [0.15, 0.2) is 0 Å². The molecule has 1 heterocycles. The average molecular weight is 256 g/mol. The maximum Gasteiger partial charge on any atom is 0.216 e. The highest BCUT2D eigenvalue weighted by Crippen LogP contribution is 2.18. The third-order valence-corrected chi connectivity index (χ3v) is 4.57. The summed E-state index contributed by atoms with van der Waals surface area (Å²) < 4.78 is 30.1. The highest BCUT2D eigenvalue weighted by atomic mass is 35.5. The van der Waals surface area contributed by atoms with Gasteiger partial charge in [0.1, 0.15) is 0 Å². The summed E-state index contributed by atoms with van der Waals surface area (Å²) in [7, 11) is -3.16. The fourth-order valence-corrected chi connectivity index (χ4v) is 3.39. The minimum absolute atomic E-state index is 0.0411. The number of piperidine rings is 1. The normalized spacial score (nSPS) is 24.3. The topological polar surface area (TPSA) is 46.6 Å². The maximum atomic E-state index is 11.8. The van der Waals surface area contributed by atoms with Gasteiger partial charge in [-0.25, -0.2) is 12.7 Å². The van der Waals surface area contributed by atoms with E-state index in [1.165, 1.54) is 4.31 Å². The lowest BCUT2D eigenvalue weighted by molar-refractivity contribution is 0.162. The van der Waals surface area contributed by atoms with Crippen molar-refractivity contribution in [2.45, 2.75) is 25.1 Å². The van der Waals surface area contributed by atoms with E-state index < -0.39 is 10.0 Å². The number of nitrogens with zero attached hydrogens (tertiary/aromatic N) is 1. The Morgan fingerprint density at radius 1 is 1.53 bits per heavy atom. The second kappa shape index (κ2) is 6.03. The molecule has 0 N–H and O–H groups in total. The summed E-state index contributed by atoms with van der Waals surface area (Å²) in [5.74, 6) is 0.0600. The lowest BCUT2D eigenvalue weighted by Gasteiger charge is -2.28. The molecule has 1 rings (SSSR count). The third kappa shape index (κ3) is 4.26. The predicted molar refractivity (Wildman–Crippen MR) is 60.7 cm³/mol. The third-order valence-electron chi connectivity index (χ3n) is 2.41. The van der Waals surface area contributed by atoms with Gasteiger partial charge in [-0.3, -0.25) is 0 Å². The Labute approximate surface area is 96.6 Å². The fourth-order valence-electron chi connectivity index (χ4n) is 1.58. The van der Waals surface area contributed by atoms with Gasteiger partial charge in [0.05, 0.1) is 12.4 Å². The molecule has 0 spiro atoms. The minimum atomic E-state index is -3.16. The van der Waals surface area contributed by atoms with Gasteiger partial charge in [-0.05, 0) is 19.8 Å². The average Bonchev–Trinajstić information content (AvgIpc) is 2.18. The van der Waals surface area contributed by atoms with Crippen molar-refractivity contribution in [3.8, 4) is 0 Å². The molecular weight excluding hydrogens is 238 g/mol. The number of hydrogen-bond donors (Lipinski definition) is 0. The van der Waals surface area contributed by atoms with E-state index in [-0.39, 0.29) is 17.7 Å². The van der Waals surface area contributed by atoms with E-state index in [4.69, 9.17) is 16.3 Å². The van der Waals surface area contributed by atoms with Crippen LogP contribution in [0, 0.1) is 0 Å². The largest absolute Gasteiger partial charge is 0.381 e. The Hall–Kier alpha value is 0.160. The number of hydrogen-bond acceptors (Lipinski definition) is 3. The molecule has 1 fully saturated rings. The number of alkyl halides is 1. The minimum Gasteiger partial charge on any atom is -0.381 e. The summed E-state index contributed by atoms with van der Waals surface area (Å²) in [5, 5.41) is -0.0411. The van der Waals surface area contributed by atoms with Gasteiger partial charge in [0.15, 0.2) is 0 Å². The molecular formula is C9H18ClNO3S. The van der Waals surface area contributed by atoms with Crippen molar-refractivity contribution in [2.24, 2.45) is 0 Å². The molecule has 90 valence electrons. The van der Waals surface area contributed by atoms with E-state index in [0.29, 0.717) is 19.7 Å². The number of ether oxygens (including phenoxy) is 1. The zero-order chi connectivity index (χ0) is 11.3. The summed E-state index contributed by atoms with van der Waals surface area (Å²) in [6.45, 7) is 3.70. The highest BCUT2D eigenvalue weighted by molar-refractivity contribution is 7.89. The van der Waals surface area contributed by atoms with E-state index in [1.807, 2.05) is 6.92 Å². The molecule has 1 atom stereocenters. The van der Waals surface area contributed by atoms with Gasteiger partial charge >= 0.3 is 0 Å². The van der Waals surface area contributed by atoms with Crippen LogP contribution in [0.1, 0.15) is 19.8 Å². The van der Waals surface area contributed by atoms with Crippen molar-refractivity contribution >= 4 is 21.6 Å². The van der Waals surface area contributed by atoms with Gasteiger partial charge in [-0.15, -0.1) is 11.6 Å². The molecule has 1 aliphatic rings. The summed E-state index contributed by atoms with van der Waals surface area (Å²) in [5.41, 5.74) is 0. The summed E-state index contributed by atoms with van der Waals surface area (Å²) in [6, 6.07) is 0. The first-order valence-corrected chi connectivity index (χ1v) is 7.30. The molecule has 0 amide bonds. The lowest BCUT2D eigenvalue weighted by atomic mass is 10.2. The fraction of sp³-hybridized carbons (Fsp3) is 1.00. The zero-order valence-electron chi connectivity index (χ0n) is 8.99. The van der Waals surface area contributed by atoms with Crippen LogP contribution in [0.4, 0.5) is 0 Å². The van der Waals surface area contributed by atoms with Crippen LogP contribution in [-0.2, 0) is 14.8 Å². The van der Waals surface area contributed by atoms with E-state index in [0.717, 1.165) is 12.8 Å². The summed E-state index contributed by atoms with van der Waals surface area (Å²) in [6.07, 6.45) is 1.75. The number of sulfonamides is 1. The quantitative estimate of drug-likeness (QED) is 0.545. The van der Waals surface area contributed by atoms with Crippen molar-refractivity contribution in [3.05, 3.63) is 0 Å². The standard InChI is InChI=1S/C9H18ClNO3S/c1-2-14-6-7-15(12,13)11-5-3-4-9(10)8-11/h9H,2-8H2,1H3. The molecule has 0 aromatic rings. The first-order chi connectivity index (χ1) is 7.06. The molecule has 1 unspecified atom stereocenters. The molecule has 1 saturated heterocycles. The first kappa shape index (κ1) is 13.2. The Balaban J connectivity index is 2.45. The molecule has 15 heavy (non-hydrogen) atoms. The second-order valence-electron chi connectivity index (χ2n) is 3.61. The number of rotatable bonds is 5. The summed E-state index contributed by atoms with van der Waals surface area (Å²) >= 11 is 5.94. The Bertz CT molecular complexity index is 281. The molecule has 4 nitrogen and oxygen atoms in total. The van der Waals surface area contributed by atoms with Crippen LogP contribution in [0.5, 0.6) is 0 Å². The van der Waals surface area contributed by atoms with E-state index >= 15 is 0 Å². The molecule has 6 heteroatoms. The predicted octanol–water partition coefficient (Wildman–Crippen LogP) is 1.06. The molecule has 0 aromatic heterocycles. The van der Waals surface area contributed by atoms with Crippen molar-refractivity contribution in [1.29, 1.82) is 0 Å². The first-order valence-electron chi connectivity index (χ1n) is 5.26. The smallest absolute Gasteiger partial charge is 0.216 e. The van der Waals surface area contributed by atoms with Crippen molar-refractivity contribution in [2.75, 3.05) is 32.1 Å². The molecule has 0 bridgehead atoms. The second-order valence-corrected chi connectivity index (χ2v) is 6.32. The maximum absolute atomic E-state index is 11.8. The van der Waals surface area contributed by atoms with Crippen molar-refractivity contribution < 1.29 is 13.2 Å². The van der Waals surface area contributed by atoms with Crippen LogP contribution >= 0.6 is 11.6 Å². The van der Waals surface area contributed by atoms with Crippen LogP contribution < -0.4 is 0 Å². The molecule has 0 aliphatic carbocycles.